The molecule has 2 aliphatic rings. The summed E-state index contributed by atoms with van der Waals surface area (Å²) in [6.07, 6.45) is 1.75. The molecular weight excluding hydrogens is 445 g/mol. The summed E-state index contributed by atoms with van der Waals surface area (Å²) in [4.78, 5) is 18.6. The maximum Gasteiger partial charge on any atom is 0.446 e. The van der Waals surface area contributed by atoms with Gasteiger partial charge in [0.05, 0.1) is 25.1 Å². The molecule has 12 heteroatoms. The van der Waals surface area contributed by atoms with Crippen molar-refractivity contribution in [1.82, 2.24) is 15.1 Å². The highest BCUT2D eigenvalue weighted by Gasteiger charge is 2.29. The first-order valence-corrected chi connectivity index (χ1v) is 11.0. The van der Waals surface area contributed by atoms with Gasteiger partial charge in [-0.3, -0.25) is 0 Å². The molecule has 2 saturated heterocycles. The van der Waals surface area contributed by atoms with Gasteiger partial charge in [0, 0.05) is 55.9 Å². The van der Waals surface area contributed by atoms with Crippen LogP contribution in [-0.2, 0) is 4.74 Å². The lowest BCUT2D eigenvalue weighted by Gasteiger charge is -2.35. The molecule has 8 nitrogen and oxygen atoms in total. The van der Waals surface area contributed by atoms with E-state index in [4.69, 9.17) is 4.74 Å². The number of aromatic nitrogens is 2. The van der Waals surface area contributed by atoms with Crippen molar-refractivity contribution < 1.29 is 22.7 Å². The zero-order chi connectivity index (χ0) is 22.6. The Balaban J connectivity index is 1.29. The molecule has 0 bridgehead atoms. The topological polar surface area (TPSA) is 73.8 Å². The number of halogens is 3. The van der Waals surface area contributed by atoms with E-state index in [0.29, 0.717) is 45.1 Å². The van der Waals surface area contributed by atoms with Crippen molar-refractivity contribution in [2.45, 2.75) is 10.4 Å². The lowest BCUT2D eigenvalue weighted by atomic mass is 10.3. The number of benzene rings is 1. The number of carbonyl (C=O) groups excluding carboxylic acids is 1. The molecular formula is C20H23F3N6O2S. The van der Waals surface area contributed by atoms with E-state index in [2.05, 4.69) is 25.3 Å². The third-order valence-corrected chi connectivity index (χ3v) is 5.97. The molecule has 0 spiro atoms. The van der Waals surface area contributed by atoms with Gasteiger partial charge in [0.25, 0.3) is 0 Å². The summed E-state index contributed by atoms with van der Waals surface area (Å²) >= 11 is -0.184. The molecule has 32 heavy (non-hydrogen) atoms. The normalized spacial score (nSPS) is 17.4. The summed E-state index contributed by atoms with van der Waals surface area (Å²) in [5.74, 6) is 0.770. The molecule has 0 unspecified atom stereocenters. The summed E-state index contributed by atoms with van der Waals surface area (Å²) in [7, 11) is 0. The Hall–Kier alpha value is -2.73. The summed E-state index contributed by atoms with van der Waals surface area (Å²) in [5.41, 5.74) is -2.88. The predicted molar refractivity (Wildman–Crippen MR) is 116 cm³/mol. The number of nitrogens with one attached hydrogen (secondary N) is 1. The number of hydrogen-bond donors (Lipinski definition) is 1. The molecule has 3 heterocycles. The molecule has 172 valence electrons. The molecule has 2 amide bonds. The van der Waals surface area contributed by atoms with Gasteiger partial charge in [0.2, 0.25) is 0 Å². The Morgan fingerprint density at radius 2 is 1.69 bits per heavy atom. The molecule has 1 aromatic heterocycles. The van der Waals surface area contributed by atoms with E-state index in [1.54, 1.807) is 11.1 Å². The lowest BCUT2D eigenvalue weighted by Crippen LogP contribution is -2.50. The quantitative estimate of drug-likeness (QED) is 0.691. The van der Waals surface area contributed by atoms with Gasteiger partial charge in [0.15, 0.2) is 5.82 Å². The van der Waals surface area contributed by atoms with Gasteiger partial charge in [-0.1, -0.05) is 0 Å². The maximum absolute atomic E-state index is 12.5. The number of hydrogen-bond acceptors (Lipinski definition) is 7. The Morgan fingerprint density at radius 3 is 2.34 bits per heavy atom. The van der Waals surface area contributed by atoms with Crippen LogP contribution in [0.5, 0.6) is 0 Å². The van der Waals surface area contributed by atoms with Crippen molar-refractivity contribution in [3.63, 3.8) is 0 Å². The predicted octanol–water partition coefficient (Wildman–Crippen LogP) is 3.28. The number of anilines is 3. The van der Waals surface area contributed by atoms with Crippen LogP contribution in [0.25, 0.3) is 0 Å². The van der Waals surface area contributed by atoms with E-state index in [1.165, 1.54) is 24.3 Å². The van der Waals surface area contributed by atoms with Crippen LogP contribution in [0.15, 0.2) is 41.4 Å². The van der Waals surface area contributed by atoms with Crippen LogP contribution in [0.2, 0.25) is 0 Å². The molecule has 2 aliphatic heterocycles. The second kappa shape index (κ2) is 9.82. The van der Waals surface area contributed by atoms with E-state index in [-0.39, 0.29) is 22.7 Å². The van der Waals surface area contributed by atoms with E-state index < -0.39 is 5.51 Å². The number of thioether (sulfide) groups is 1. The van der Waals surface area contributed by atoms with Crippen LogP contribution in [0.4, 0.5) is 35.2 Å². The number of alkyl halides is 3. The Morgan fingerprint density at radius 1 is 1.00 bits per heavy atom. The van der Waals surface area contributed by atoms with Crippen LogP contribution < -0.4 is 15.1 Å². The van der Waals surface area contributed by atoms with Crippen molar-refractivity contribution >= 4 is 35.0 Å². The van der Waals surface area contributed by atoms with Crippen LogP contribution in [-0.4, -0.2) is 79.1 Å². The Labute approximate surface area is 187 Å². The first kappa shape index (κ1) is 22.5. The van der Waals surface area contributed by atoms with Crippen molar-refractivity contribution in [2.75, 3.05) is 67.6 Å². The number of rotatable bonds is 4. The molecule has 0 saturated carbocycles. The highest BCUT2D eigenvalue weighted by atomic mass is 32.2. The van der Waals surface area contributed by atoms with Gasteiger partial charge in [-0.25, -0.2) is 4.79 Å². The van der Waals surface area contributed by atoms with E-state index in [0.717, 1.165) is 24.6 Å². The zero-order valence-corrected chi connectivity index (χ0v) is 18.0. The first-order chi connectivity index (χ1) is 15.4. The molecule has 1 aromatic carbocycles. The maximum atomic E-state index is 12.5. The fraction of sp³-hybridized carbons (Fsp3) is 0.450. The number of urea groups is 1. The third kappa shape index (κ3) is 5.94. The second-order valence-electron chi connectivity index (χ2n) is 7.35. The van der Waals surface area contributed by atoms with Gasteiger partial charge in [-0.15, -0.1) is 5.10 Å². The van der Waals surface area contributed by atoms with Crippen molar-refractivity contribution in [3.05, 3.63) is 36.5 Å². The van der Waals surface area contributed by atoms with Crippen LogP contribution in [0.3, 0.4) is 0 Å². The fourth-order valence-electron chi connectivity index (χ4n) is 3.58. The number of amides is 2. The van der Waals surface area contributed by atoms with Crippen LogP contribution in [0, 0.1) is 0 Å². The molecule has 1 N–H and O–H groups in total. The SMILES string of the molecule is O=C(Nc1ccc(SC(F)(F)F)cc1)N1CCN(c2cc(N3CCOCC3)cnn2)CC1. The molecule has 2 aromatic rings. The molecule has 0 aliphatic carbocycles. The van der Waals surface area contributed by atoms with Gasteiger partial charge >= 0.3 is 11.5 Å². The van der Waals surface area contributed by atoms with Gasteiger partial charge in [-0.05, 0) is 36.0 Å². The molecule has 4 rings (SSSR count). The number of piperazine rings is 1. The molecule has 0 atom stereocenters. The van der Waals surface area contributed by atoms with Crippen LogP contribution in [0.1, 0.15) is 0 Å². The van der Waals surface area contributed by atoms with E-state index >= 15 is 0 Å². The van der Waals surface area contributed by atoms with Crippen molar-refractivity contribution in [3.8, 4) is 0 Å². The Bertz CT molecular complexity index is 916. The smallest absolute Gasteiger partial charge is 0.378 e. The standard InChI is InChI=1S/C20H23F3N6O2S/c21-20(22,23)32-17-3-1-15(2-4-17)25-19(30)29-7-5-28(6-8-29)18-13-16(14-24-26-18)27-9-11-31-12-10-27/h1-4,13-14H,5-12H2,(H,25,30). The summed E-state index contributed by atoms with van der Waals surface area (Å²) in [6.45, 7) is 5.22. The minimum absolute atomic E-state index is 0.0736. The third-order valence-electron chi connectivity index (χ3n) is 5.23. The molecule has 2 fully saturated rings. The first-order valence-electron chi connectivity index (χ1n) is 10.2. The van der Waals surface area contributed by atoms with Gasteiger partial charge in [0.1, 0.15) is 0 Å². The molecule has 0 radical (unpaired) electrons. The fourth-order valence-corrected chi connectivity index (χ4v) is 4.12. The van der Waals surface area contributed by atoms with Gasteiger partial charge < -0.3 is 24.8 Å². The largest absolute Gasteiger partial charge is 0.446 e. The number of carbonyl (C=O) groups is 1. The highest BCUT2D eigenvalue weighted by Crippen LogP contribution is 2.37. The monoisotopic (exact) mass is 468 g/mol. The average Bonchev–Trinajstić information content (AvgIpc) is 2.80. The summed E-state index contributed by atoms with van der Waals surface area (Å²) in [6, 6.07) is 7.34. The second-order valence-corrected chi connectivity index (χ2v) is 8.49. The summed E-state index contributed by atoms with van der Waals surface area (Å²) < 4.78 is 42.7. The Kier molecular flexibility index (Phi) is 6.89. The number of morpholine rings is 1. The van der Waals surface area contributed by atoms with E-state index in [1.807, 2.05) is 6.07 Å². The minimum Gasteiger partial charge on any atom is -0.378 e. The van der Waals surface area contributed by atoms with Crippen LogP contribution >= 0.6 is 11.8 Å². The van der Waals surface area contributed by atoms with Crippen molar-refractivity contribution in [1.29, 1.82) is 0 Å². The van der Waals surface area contributed by atoms with Gasteiger partial charge in [-0.2, -0.15) is 18.3 Å². The van der Waals surface area contributed by atoms with E-state index in [9.17, 15) is 18.0 Å². The number of ether oxygens (including phenoxy) is 1. The number of nitrogens with zero attached hydrogens (tertiary/aromatic N) is 5. The average molecular weight is 469 g/mol. The summed E-state index contributed by atoms with van der Waals surface area (Å²) in [5, 5.41) is 11.1. The minimum atomic E-state index is -4.34. The lowest BCUT2D eigenvalue weighted by molar-refractivity contribution is -0.0328. The highest BCUT2D eigenvalue weighted by molar-refractivity contribution is 8.00. The zero-order valence-electron chi connectivity index (χ0n) is 17.2. The van der Waals surface area contributed by atoms with Crippen molar-refractivity contribution in [2.24, 2.45) is 0 Å².